The van der Waals surface area contributed by atoms with Crippen molar-refractivity contribution in [2.75, 3.05) is 13.1 Å². The number of rotatable bonds is 6. The van der Waals surface area contributed by atoms with Crippen LogP contribution >= 0.6 is 0 Å². The molecule has 18 heavy (non-hydrogen) atoms. The van der Waals surface area contributed by atoms with Gasteiger partial charge in [0, 0.05) is 20.0 Å². The second-order valence-corrected chi connectivity index (χ2v) is 3.95. The summed E-state index contributed by atoms with van der Waals surface area (Å²) in [5.74, 6) is -0.305. The average Bonchev–Trinajstić information content (AvgIpc) is 2.37. The molecule has 0 aliphatic heterocycles. The molecule has 0 radical (unpaired) electrons. The topological polar surface area (TPSA) is 49.4 Å². The highest BCUT2D eigenvalue weighted by Gasteiger charge is 2.11. The normalized spacial score (nSPS) is 9.61. The predicted octanol–water partition coefficient (Wildman–Crippen LogP) is 1.34. The van der Waals surface area contributed by atoms with E-state index in [1.807, 2.05) is 30.3 Å². The number of nitrogens with one attached hydrogen (secondary N) is 1. The predicted molar refractivity (Wildman–Crippen MR) is 70.7 cm³/mol. The van der Waals surface area contributed by atoms with Gasteiger partial charge in [-0.05, 0) is 5.56 Å². The smallest absolute Gasteiger partial charge is 0.239 e. The van der Waals surface area contributed by atoms with Gasteiger partial charge in [0.1, 0.15) is 0 Å². The highest BCUT2D eigenvalue weighted by molar-refractivity contribution is 5.83. The summed E-state index contributed by atoms with van der Waals surface area (Å²) in [6.45, 7) is 5.92. The molecular formula is C14H18N2O2. The Bertz CT molecular complexity index is 415. The number of benzene rings is 1. The second-order valence-electron chi connectivity index (χ2n) is 3.95. The van der Waals surface area contributed by atoms with Crippen molar-refractivity contribution < 1.29 is 9.59 Å². The summed E-state index contributed by atoms with van der Waals surface area (Å²) in [5.41, 5.74) is 1.03. The van der Waals surface area contributed by atoms with Crippen molar-refractivity contribution in [2.45, 2.75) is 13.5 Å². The van der Waals surface area contributed by atoms with Crippen LogP contribution < -0.4 is 5.32 Å². The monoisotopic (exact) mass is 246 g/mol. The van der Waals surface area contributed by atoms with Gasteiger partial charge in [0.15, 0.2) is 0 Å². The Hall–Kier alpha value is -2.10. The fourth-order valence-corrected chi connectivity index (χ4v) is 1.49. The Morgan fingerprint density at radius 1 is 1.33 bits per heavy atom. The maximum absolute atomic E-state index is 11.7. The third-order valence-electron chi connectivity index (χ3n) is 2.46. The van der Waals surface area contributed by atoms with Crippen LogP contribution in [0, 0.1) is 0 Å². The largest absolute Gasteiger partial charge is 0.350 e. The lowest BCUT2D eigenvalue weighted by Crippen LogP contribution is -2.39. The highest BCUT2D eigenvalue weighted by Crippen LogP contribution is 1.97. The van der Waals surface area contributed by atoms with Crippen molar-refractivity contribution in [2.24, 2.45) is 0 Å². The molecule has 0 aromatic heterocycles. The number of hydrogen-bond donors (Lipinski definition) is 1. The third-order valence-corrected chi connectivity index (χ3v) is 2.46. The zero-order valence-corrected chi connectivity index (χ0v) is 10.6. The van der Waals surface area contributed by atoms with Crippen LogP contribution in [0.4, 0.5) is 0 Å². The Balaban J connectivity index is 2.41. The Labute approximate surface area is 107 Å². The zero-order valence-electron chi connectivity index (χ0n) is 10.6. The average molecular weight is 246 g/mol. The van der Waals surface area contributed by atoms with Gasteiger partial charge in [0.25, 0.3) is 0 Å². The van der Waals surface area contributed by atoms with Gasteiger partial charge in [-0.1, -0.05) is 36.4 Å². The molecule has 0 bridgehead atoms. The van der Waals surface area contributed by atoms with Crippen molar-refractivity contribution >= 4 is 11.8 Å². The minimum absolute atomic E-state index is 0.0637. The van der Waals surface area contributed by atoms with E-state index < -0.39 is 0 Å². The molecule has 1 rings (SSSR count). The summed E-state index contributed by atoms with van der Waals surface area (Å²) in [6, 6.07) is 9.63. The molecule has 0 spiro atoms. The van der Waals surface area contributed by atoms with Gasteiger partial charge in [-0.25, -0.2) is 0 Å². The van der Waals surface area contributed by atoms with E-state index in [2.05, 4.69) is 11.9 Å². The molecule has 0 aliphatic carbocycles. The van der Waals surface area contributed by atoms with E-state index in [9.17, 15) is 9.59 Å². The first-order valence-corrected chi connectivity index (χ1v) is 5.80. The SMILES string of the molecule is C=CCN(CC(=O)NCc1ccccc1)C(C)=O. The van der Waals surface area contributed by atoms with Crippen LogP contribution in [0.3, 0.4) is 0 Å². The molecule has 0 atom stereocenters. The number of nitrogens with zero attached hydrogens (tertiary/aromatic N) is 1. The van der Waals surface area contributed by atoms with E-state index >= 15 is 0 Å². The summed E-state index contributed by atoms with van der Waals surface area (Å²) < 4.78 is 0. The Kier molecular flexibility index (Phi) is 5.64. The van der Waals surface area contributed by atoms with Crippen LogP contribution in [0.2, 0.25) is 0 Å². The van der Waals surface area contributed by atoms with Crippen LogP contribution in [0.15, 0.2) is 43.0 Å². The molecule has 0 aliphatic rings. The third kappa shape index (κ3) is 4.82. The molecule has 0 saturated heterocycles. The first-order valence-electron chi connectivity index (χ1n) is 5.80. The summed E-state index contributed by atoms with van der Waals surface area (Å²) >= 11 is 0. The highest BCUT2D eigenvalue weighted by atomic mass is 16.2. The molecular weight excluding hydrogens is 228 g/mol. The summed E-state index contributed by atoms with van der Waals surface area (Å²) in [7, 11) is 0. The van der Waals surface area contributed by atoms with E-state index in [4.69, 9.17) is 0 Å². The van der Waals surface area contributed by atoms with Crippen molar-refractivity contribution in [3.8, 4) is 0 Å². The Morgan fingerprint density at radius 2 is 2.00 bits per heavy atom. The molecule has 2 amide bonds. The molecule has 4 nitrogen and oxygen atoms in total. The van der Waals surface area contributed by atoms with E-state index in [0.717, 1.165) is 5.56 Å². The van der Waals surface area contributed by atoms with Gasteiger partial charge in [0.2, 0.25) is 11.8 Å². The number of carbonyl (C=O) groups excluding carboxylic acids is 2. The summed E-state index contributed by atoms with van der Waals surface area (Å²) in [6.07, 6.45) is 1.60. The molecule has 0 heterocycles. The number of amides is 2. The van der Waals surface area contributed by atoms with E-state index in [-0.39, 0.29) is 18.4 Å². The molecule has 1 aromatic carbocycles. The second kappa shape index (κ2) is 7.27. The van der Waals surface area contributed by atoms with Gasteiger partial charge in [-0.2, -0.15) is 0 Å². The van der Waals surface area contributed by atoms with Crippen molar-refractivity contribution in [1.82, 2.24) is 10.2 Å². The molecule has 1 N–H and O–H groups in total. The first-order chi connectivity index (χ1) is 8.63. The lowest BCUT2D eigenvalue weighted by molar-refractivity contribution is -0.133. The maximum atomic E-state index is 11.7. The van der Waals surface area contributed by atoms with Crippen LogP contribution in [0.1, 0.15) is 12.5 Å². The molecule has 96 valence electrons. The van der Waals surface area contributed by atoms with Crippen LogP contribution in [-0.4, -0.2) is 29.8 Å². The first kappa shape index (κ1) is 14.0. The molecule has 0 unspecified atom stereocenters. The maximum Gasteiger partial charge on any atom is 0.239 e. The van der Waals surface area contributed by atoms with E-state index in [1.165, 1.54) is 11.8 Å². The van der Waals surface area contributed by atoms with Crippen molar-refractivity contribution in [3.05, 3.63) is 48.6 Å². The van der Waals surface area contributed by atoms with Gasteiger partial charge in [0.05, 0.1) is 6.54 Å². The van der Waals surface area contributed by atoms with Gasteiger partial charge < -0.3 is 10.2 Å². The summed E-state index contributed by atoms with van der Waals surface area (Å²) in [4.78, 5) is 24.3. The van der Waals surface area contributed by atoms with E-state index in [0.29, 0.717) is 13.1 Å². The van der Waals surface area contributed by atoms with Crippen molar-refractivity contribution in [1.29, 1.82) is 0 Å². The standard InChI is InChI=1S/C14H18N2O2/c1-3-9-16(12(2)17)11-14(18)15-10-13-7-5-4-6-8-13/h3-8H,1,9-11H2,2H3,(H,15,18). The fraction of sp³-hybridized carbons (Fsp3) is 0.286. The lowest BCUT2D eigenvalue weighted by Gasteiger charge is -2.18. The number of carbonyl (C=O) groups is 2. The fourth-order valence-electron chi connectivity index (χ4n) is 1.49. The minimum Gasteiger partial charge on any atom is -0.350 e. The minimum atomic E-state index is -0.170. The number of hydrogen-bond acceptors (Lipinski definition) is 2. The molecule has 4 heteroatoms. The quantitative estimate of drug-likeness (QED) is 0.770. The van der Waals surface area contributed by atoms with Crippen LogP contribution in [0.25, 0.3) is 0 Å². The van der Waals surface area contributed by atoms with Crippen LogP contribution in [-0.2, 0) is 16.1 Å². The van der Waals surface area contributed by atoms with Crippen molar-refractivity contribution in [3.63, 3.8) is 0 Å². The molecule has 0 fully saturated rings. The molecule has 0 saturated carbocycles. The van der Waals surface area contributed by atoms with Gasteiger partial charge >= 0.3 is 0 Å². The summed E-state index contributed by atoms with van der Waals surface area (Å²) in [5, 5.41) is 2.78. The van der Waals surface area contributed by atoms with Crippen LogP contribution in [0.5, 0.6) is 0 Å². The van der Waals surface area contributed by atoms with Gasteiger partial charge in [-0.15, -0.1) is 6.58 Å². The lowest BCUT2D eigenvalue weighted by atomic mass is 10.2. The zero-order chi connectivity index (χ0) is 13.4. The molecule has 1 aromatic rings. The Morgan fingerprint density at radius 3 is 2.56 bits per heavy atom. The van der Waals surface area contributed by atoms with Gasteiger partial charge in [-0.3, -0.25) is 9.59 Å². The van der Waals surface area contributed by atoms with E-state index in [1.54, 1.807) is 6.08 Å².